The number of anilines is 1. The van der Waals surface area contributed by atoms with Gasteiger partial charge in [-0.15, -0.1) is 0 Å². The second kappa shape index (κ2) is 6.57. The van der Waals surface area contributed by atoms with Crippen molar-refractivity contribution in [3.8, 4) is 0 Å². The quantitative estimate of drug-likeness (QED) is 0.814. The van der Waals surface area contributed by atoms with Crippen LogP contribution in [0.25, 0.3) is 0 Å². The van der Waals surface area contributed by atoms with E-state index in [0.29, 0.717) is 5.69 Å². The van der Waals surface area contributed by atoms with Crippen molar-refractivity contribution < 1.29 is 23.5 Å². The van der Waals surface area contributed by atoms with Gasteiger partial charge in [0.2, 0.25) is 0 Å². The summed E-state index contributed by atoms with van der Waals surface area (Å²) in [5.41, 5.74) is 5.74. The Balaban J connectivity index is 1.99. The monoisotopic (exact) mass is 302 g/mol. The van der Waals surface area contributed by atoms with E-state index >= 15 is 0 Å². The van der Waals surface area contributed by atoms with Crippen molar-refractivity contribution in [1.82, 2.24) is 0 Å². The van der Waals surface area contributed by atoms with Crippen LogP contribution in [0.4, 0.5) is 5.69 Å². The Morgan fingerprint density at radius 2 is 1.86 bits per heavy atom. The molecule has 0 saturated carbocycles. The first-order chi connectivity index (χ1) is 10.5. The molecule has 2 rings (SSSR count). The molecule has 0 aliphatic heterocycles. The number of amides is 2. The van der Waals surface area contributed by atoms with Gasteiger partial charge in [0.15, 0.2) is 11.9 Å². The van der Waals surface area contributed by atoms with Gasteiger partial charge in [0.05, 0.1) is 11.8 Å². The molecule has 0 unspecified atom stereocenters. The van der Waals surface area contributed by atoms with E-state index < -0.39 is 23.9 Å². The molecule has 7 nitrogen and oxygen atoms in total. The maximum Gasteiger partial charge on any atom is 0.338 e. The molecule has 0 bridgehead atoms. The van der Waals surface area contributed by atoms with E-state index in [2.05, 4.69) is 5.32 Å². The summed E-state index contributed by atoms with van der Waals surface area (Å²) < 4.78 is 9.83. The second-order valence-corrected chi connectivity index (χ2v) is 4.46. The van der Waals surface area contributed by atoms with Gasteiger partial charge in [-0.3, -0.25) is 9.59 Å². The molecule has 2 amide bonds. The number of hydrogen-bond donors (Lipinski definition) is 2. The number of furan rings is 1. The zero-order valence-corrected chi connectivity index (χ0v) is 11.7. The Morgan fingerprint density at radius 1 is 1.18 bits per heavy atom. The molecule has 114 valence electrons. The third kappa shape index (κ3) is 3.72. The molecule has 0 spiro atoms. The van der Waals surface area contributed by atoms with Gasteiger partial charge in [-0.2, -0.15) is 0 Å². The molecule has 7 heteroatoms. The van der Waals surface area contributed by atoms with E-state index in [1.54, 1.807) is 6.07 Å². The number of carbonyl (C=O) groups excluding carboxylic acids is 3. The van der Waals surface area contributed by atoms with Crippen LogP contribution in [0.5, 0.6) is 0 Å². The highest BCUT2D eigenvalue weighted by molar-refractivity contribution is 6.02. The predicted octanol–water partition coefficient (Wildman–Crippen LogP) is 1.56. The minimum absolute atomic E-state index is 0.179. The van der Waals surface area contributed by atoms with Crippen molar-refractivity contribution in [3.05, 3.63) is 54.0 Å². The SMILES string of the molecule is C[C@@H](OC(=O)c1ccc(NC(=O)c2ccco2)cc1)C(N)=O. The molecule has 3 N–H and O–H groups in total. The van der Waals surface area contributed by atoms with E-state index in [9.17, 15) is 14.4 Å². The second-order valence-electron chi connectivity index (χ2n) is 4.46. The van der Waals surface area contributed by atoms with Gasteiger partial charge in [0, 0.05) is 5.69 Å². The molecule has 1 heterocycles. The largest absolute Gasteiger partial charge is 0.459 e. The molecule has 1 aromatic heterocycles. The lowest BCUT2D eigenvalue weighted by Crippen LogP contribution is -2.30. The molecule has 1 aromatic carbocycles. The van der Waals surface area contributed by atoms with Crippen molar-refractivity contribution in [3.63, 3.8) is 0 Å². The molecule has 2 aromatic rings. The summed E-state index contributed by atoms with van der Waals surface area (Å²) in [5, 5.41) is 2.61. The predicted molar refractivity (Wildman–Crippen MR) is 77.2 cm³/mol. The number of ether oxygens (including phenoxy) is 1. The van der Waals surface area contributed by atoms with Gasteiger partial charge in [0.1, 0.15) is 0 Å². The van der Waals surface area contributed by atoms with Gasteiger partial charge in [-0.1, -0.05) is 0 Å². The normalized spacial score (nSPS) is 11.5. The summed E-state index contributed by atoms with van der Waals surface area (Å²) in [7, 11) is 0. The van der Waals surface area contributed by atoms with Gasteiger partial charge < -0.3 is 20.2 Å². The van der Waals surface area contributed by atoms with Crippen LogP contribution >= 0.6 is 0 Å². The first-order valence-electron chi connectivity index (χ1n) is 6.42. The molecule has 0 saturated heterocycles. The first-order valence-corrected chi connectivity index (χ1v) is 6.42. The molecule has 22 heavy (non-hydrogen) atoms. The molecule has 0 radical (unpaired) electrons. The fourth-order valence-corrected chi connectivity index (χ4v) is 1.58. The number of nitrogens with one attached hydrogen (secondary N) is 1. The third-order valence-corrected chi connectivity index (χ3v) is 2.81. The van der Waals surface area contributed by atoms with Crippen LogP contribution < -0.4 is 11.1 Å². The molecule has 0 aliphatic carbocycles. The maximum atomic E-state index is 11.8. The Labute approximate surface area is 126 Å². The molecular formula is C15H14N2O5. The van der Waals surface area contributed by atoms with E-state index in [-0.39, 0.29) is 11.3 Å². The number of benzene rings is 1. The zero-order valence-electron chi connectivity index (χ0n) is 11.7. The van der Waals surface area contributed by atoms with Crippen molar-refractivity contribution in [2.75, 3.05) is 5.32 Å². The molecule has 0 aliphatic rings. The number of esters is 1. The van der Waals surface area contributed by atoms with Gasteiger partial charge in [-0.25, -0.2) is 4.79 Å². The average Bonchev–Trinajstić information content (AvgIpc) is 3.02. The number of carbonyl (C=O) groups is 3. The topological polar surface area (TPSA) is 112 Å². The number of nitrogens with two attached hydrogens (primary N) is 1. The third-order valence-electron chi connectivity index (χ3n) is 2.81. The van der Waals surface area contributed by atoms with Crippen LogP contribution in [-0.2, 0) is 9.53 Å². The van der Waals surface area contributed by atoms with Crippen molar-refractivity contribution in [1.29, 1.82) is 0 Å². The number of primary amides is 1. The smallest absolute Gasteiger partial charge is 0.338 e. The Hall–Kier alpha value is -3.09. The Bertz CT molecular complexity index is 676. The van der Waals surface area contributed by atoms with Gasteiger partial charge >= 0.3 is 5.97 Å². The van der Waals surface area contributed by atoms with E-state index in [1.165, 1.54) is 43.5 Å². The van der Waals surface area contributed by atoms with E-state index in [4.69, 9.17) is 14.9 Å². The number of rotatable bonds is 5. The van der Waals surface area contributed by atoms with Crippen LogP contribution in [0, 0.1) is 0 Å². The molecule has 1 atom stereocenters. The minimum atomic E-state index is -1.01. The fourth-order valence-electron chi connectivity index (χ4n) is 1.58. The van der Waals surface area contributed by atoms with Crippen LogP contribution in [0.1, 0.15) is 27.8 Å². The van der Waals surface area contributed by atoms with Crippen molar-refractivity contribution in [2.45, 2.75) is 13.0 Å². The van der Waals surface area contributed by atoms with E-state index in [0.717, 1.165) is 0 Å². The highest BCUT2D eigenvalue weighted by Crippen LogP contribution is 2.13. The maximum absolute atomic E-state index is 11.8. The molecule has 0 fully saturated rings. The summed E-state index contributed by atoms with van der Waals surface area (Å²) >= 11 is 0. The van der Waals surface area contributed by atoms with E-state index in [1.807, 2.05) is 0 Å². The summed E-state index contributed by atoms with van der Waals surface area (Å²) in [4.78, 5) is 34.4. The van der Waals surface area contributed by atoms with Crippen LogP contribution in [-0.4, -0.2) is 23.9 Å². The zero-order chi connectivity index (χ0) is 16.1. The van der Waals surface area contributed by atoms with Crippen LogP contribution in [0.2, 0.25) is 0 Å². The van der Waals surface area contributed by atoms with Crippen molar-refractivity contribution >= 4 is 23.5 Å². The lowest BCUT2D eigenvalue weighted by atomic mass is 10.2. The Morgan fingerprint density at radius 3 is 2.41 bits per heavy atom. The van der Waals surface area contributed by atoms with Crippen LogP contribution in [0.3, 0.4) is 0 Å². The number of hydrogen-bond acceptors (Lipinski definition) is 5. The average molecular weight is 302 g/mol. The van der Waals surface area contributed by atoms with Crippen molar-refractivity contribution in [2.24, 2.45) is 5.73 Å². The fraction of sp³-hybridized carbons (Fsp3) is 0.133. The van der Waals surface area contributed by atoms with Crippen LogP contribution in [0.15, 0.2) is 47.1 Å². The first kappa shape index (κ1) is 15.3. The minimum Gasteiger partial charge on any atom is -0.459 e. The highest BCUT2D eigenvalue weighted by Gasteiger charge is 2.16. The van der Waals surface area contributed by atoms with Gasteiger partial charge in [-0.05, 0) is 43.3 Å². The lowest BCUT2D eigenvalue weighted by Gasteiger charge is -2.10. The summed E-state index contributed by atoms with van der Waals surface area (Å²) in [6, 6.07) is 9.14. The summed E-state index contributed by atoms with van der Waals surface area (Å²) in [6.45, 7) is 1.39. The lowest BCUT2D eigenvalue weighted by molar-refractivity contribution is -0.125. The highest BCUT2D eigenvalue weighted by atomic mass is 16.5. The summed E-state index contributed by atoms with van der Waals surface area (Å²) in [6.07, 6.45) is 0.388. The summed E-state index contributed by atoms with van der Waals surface area (Å²) in [5.74, 6) is -1.62. The van der Waals surface area contributed by atoms with Gasteiger partial charge in [0.25, 0.3) is 11.8 Å². The molecular weight excluding hydrogens is 288 g/mol. The standard InChI is InChI=1S/C15H14N2O5/c1-9(13(16)18)22-15(20)10-4-6-11(7-5-10)17-14(19)12-3-2-8-21-12/h2-9H,1H3,(H2,16,18)(H,17,19)/t9-/m1/s1. The Kier molecular flexibility index (Phi) is 4.57.